The number of H-pyrrole nitrogens is 1. The van der Waals surface area contributed by atoms with Crippen molar-refractivity contribution in [2.45, 2.75) is 31.8 Å². The fourth-order valence-electron chi connectivity index (χ4n) is 3.31. The van der Waals surface area contributed by atoms with Crippen LogP contribution < -0.4 is 5.32 Å². The van der Waals surface area contributed by atoms with E-state index in [4.69, 9.17) is 4.74 Å². The first kappa shape index (κ1) is 16.7. The van der Waals surface area contributed by atoms with E-state index in [0.717, 1.165) is 23.9 Å². The summed E-state index contributed by atoms with van der Waals surface area (Å²) in [6.07, 6.45) is 4.64. The molecule has 1 fully saturated rings. The predicted molar refractivity (Wildman–Crippen MR) is 98.3 cm³/mol. The van der Waals surface area contributed by atoms with Crippen molar-refractivity contribution in [2.75, 3.05) is 11.9 Å². The Balaban J connectivity index is 1.46. The highest BCUT2D eigenvalue weighted by atomic mass is 19.1. The van der Waals surface area contributed by atoms with E-state index in [0.29, 0.717) is 17.1 Å². The van der Waals surface area contributed by atoms with Gasteiger partial charge >= 0.3 is 0 Å². The van der Waals surface area contributed by atoms with E-state index in [1.807, 2.05) is 12.1 Å². The Labute approximate surface area is 150 Å². The van der Waals surface area contributed by atoms with Crippen LogP contribution in [0.25, 0.3) is 22.4 Å². The molecule has 5 nitrogen and oxygen atoms in total. The van der Waals surface area contributed by atoms with Crippen molar-refractivity contribution in [1.82, 2.24) is 9.97 Å². The number of benzene rings is 2. The van der Waals surface area contributed by atoms with Gasteiger partial charge in [0, 0.05) is 11.3 Å². The van der Waals surface area contributed by atoms with E-state index < -0.39 is 0 Å². The van der Waals surface area contributed by atoms with Crippen molar-refractivity contribution in [2.24, 2.45) is 0 Å². The number of halogens is 1. The van der Waals surface area contributed by atoms with Crippen molar-refractivity contribution in [3.05, 3.63) is 48.3 Å². The van der Waals surface area contributed by atoms with Crippen LogP contribution in [0.4, 0.5) is 10.1 Å². The van der Waals surface area contributed by atoms with E-state index >= 15 is 0 Å². The fraction of sp³-hybridized carbons (Fsp3) is 0.300. The van der Waals surface area contributed by atoms with Crippen LogP contribution in [0.2, 0.25) is 0 Å². The van der Waals surface area contributed by atoms with Gasteiger partial charge in [-0.15, -0.1) is 0 Å². The highest BCUT2D eigenvalue weighted by molar-refractivity contribution is 5.94. The first-order chi connectivity index (χ1) is 12.7. The van der Waals surface area contributed by atoms with Crippen molar-refractivity contribution in [3.8, 4) is 11.4 Å². The topological polar surface area (TPSA) is 67.0 Å². The third-order valence-electron chi connectivity index (χ3n) is 4.62. The molecule has 134 valence electrons. The minimum Gasteiger partial charge on any atom is -0.368 e. The maximum atomic E-state index is 13.4. The Morgan fingerprint density at radius 1 is 1.23 bits per heavy atom. The molecule has 4 rings (SSSR count). The van der Waals surface area contributed by atoms with Crippen LogP contribution in [0.1, 0.15) is 25.7 Å². The molecule has 0 bridgehead atoms. The zero-order chi connectivity index (χ0) is 17.9. The summed E-state index contributed by atoms with van der Waals surface area (Å²) in [6, 6.07) is 11.7. The molecule has 0 saturated heterocycles. The van der Waals surface area contributed by atoms with Gasteiger partial charge in [-0.25, -0.2) is 9.37 Å². The van der Waals surface area contributed by atoms with Crippen LogP contribution in [0.5, 0.6) is 0 Å². The minimum absolute atomic E-state index is 0.0697. The number of hydrogen-bond acceptors (Lipinski definition) is 3. The molecule has 26 heavy (non-hydrogen) atoms. The summed E-state index contributed by atoms with van der Waals surface area (Å²) in [7, 11) is 0. The van der Waals surface area contributed by atoms with E-state index in [9.17, 15) is 9.18 Å². The number of nitrogens with one attached hydrogen (secondary N) is 2. The number of aromatic nitrogens is 2. The molecule has 2 aromatic carbocycles. The van der Waals surface area contributed by atoms with E-state index in [1.54, 1.807) is 18.2 Å². The molecule has 0 atom stereocenters. The molecule has 0 unspecified atom stereocenters. The van der Waals surface area contributed by atoms with E-state index in [2.05, 4.69) is 15.3 Å². The number of rotatable bonds is 5. The van der Waals surface area contributed by atoms with E-state index in [-0.39, 0.29) is 24.4 Å². The van der Waals surface area contributed by atoms with Gasteiger partial charge in [0.05, 0.1) is 17.1 Å². The average Bonchev–Trinajstić information content (AvgIpc) is 3.29. The molecule has 1 saturated carbocycles. The Hall–Kier alpha value is -2.73. The number of amides is 1. The van der Waals surface area contributed by atoms with Crippen molar-refractivity contribution >= 4 is 22.6 Å². The summed E-state index contributed by atoms with van der Waals surface area (Å²) in [5.41, 5.74) is 2.88. The molecule has 1 aromatic heterocycles. The number of nitrogens with zero attached hydrogens (tertiary/aromatic N) is 1. The minimum atomic E-state index is -0.307. The Kier molecular flexibility index (Phi) is 4.67. The first-order valence-electron chi connectivity index (χ1n) is 8.84. The number of carbonyl (C=O) groups is 1. The van der Waals surface area contributed by atoms with Crippen molar-refractivity contribution in [1.29, 1.82) is 0 Å². The van der Waals surface area contributed by atoms with Gasteiger partial charge in [0.15, 0.2) is 0 Å². The van der Waals surface area contributed by atoms with Crippen LogP contribution in [-0.2, 0) is 9.53 Å². The van der Waals surface area contributed by atoms with Gasteiger partial charge < -0.3 is 15.0 Å². The smallest absolute Gasteiger partial charge is 0.250 e. The molecule has 0 aliphatic heterocycles. The zero-order valence-corrected chi connectivity index (χ0v) is 14.3. The summed E-state index contributed by atoms with van der Waals surface area (Å²) < 4.78 is 19.0. The first-order valence-corrected chi connectivity index (χ1v) is 8.84. The third kappa shape index (κ3) is 3.75. The summed E-state index contributed by atoms with van der Waals surface area (Å²) in [5, 5.41) is 2.84. The van der Waals surface area contributed by atoms with E-state index in [1.165, 1.54) is 25.0 Å². The number of ether oxygens (including phenoxy) is 1. The zero-order valence-electron chi connectivity index (χ0n) is 14.3. The molecule has 3 aromatic rings. The molecule has 1 aliphatic rings. The molecule has 0 radical (unpaired) electrons. The van der Waals surface area contributed by atoms with Crippen LogP contribution in [-0.4, -0.2) is 28.6 Å². The summed E-state index contributed by atoms with van der Waals surface area (Å²) in [4.78, 5) is 19.7. The standard InChI is InChI=1S/C20H20FN3O2/c21-14-5-3-4-13(10-14)20-23-17-9-8-15(11-18(17)24-20)22-19(25)12-26-16-6-1-2-7-16/h3-5,8-11,16H,1-2,6-7,12H2,(H,22,25)(H,23,24). The molecule has 1 amide bonds. The van der Waals surface area contributed by atoms with Gasteiger partial charge in [-0.2, -0.15) is 0 Å². The molecular weight excluding hydrogens is 333 g/mol. The SMILES string of the molecule is O=C(COC1CCCC1)Nc1ccc2nc(-c3cccc(F)c3)[nH]c2c1. The predicted octanol–water partition coefficient (Wildman–Crippen LogP) is 4.27. The largest absolute Gasteiger partial charge is 0.368 e. The van der Waals surface area contributed by atoms with Crippen LogP contribution in [0, 0.1) is 5.82 Å². The Bertz CT molecular complexity index is 932. The molecule has 6 heteroatoms. The number of fused-ring (bicyclic) bond motifs is 1. The van der Waals surface area contributed by atoms with Gasteiger partial charge in [0.25, 0.3) is 0 Å². The van der Waals surface area contributed by atoms with Crippen LogP contribution in [0.15, 0.2) is 42.5 Å². The third-order valence-corrected chi connectivity index (χ3v) is 4.62. The van der Waals surface area contributed by atoms with Gasteiger partial charge in [-0.1, -0.05) is 25.0 Å². The number of imidazole rings is 1. The monoisotopic (exact) mass is 353 g/mol. The molecular formula is C20H20FN3O2. The molecule has 1 aliphatic carbocycles. The fourth-order valence-corrected chi connectivity index (χ4v) is 3.31. The second-order valence-corrected chi connectivity index (χ2v) is 6.59. The lowest BCUT2D eigenvalue weighted by Gasteiger charge is -2.11. The maximum Gasteiger partial charge on any atom is 0.250 e. The lowest BCUT2D eigenvalue weighted by Crippen LogP contribution is -2.21. The lowest BCUT2D eigenvalue weighted by atomic mass is 10.2. The van der Waals surface area contributed by atoms with Gasteiger partial charge in [0.2, 0.25) is 5.91 Å². The quantitative estimate of drug-likeness (QED) is 0.720. The second kappa shape index (κ2) is 7.25. The van der Waals surface area contributed by atoms with Gasteiger partial charge in [0.1, 0.15) is 18.2 Å². The summed E-state index contributed by atoms with van der Waals surface area (Å²) in [5.74, 6) is 0.117. The molecule has 0 spiro atoms. The lowest BCUT2D eigenvalue weighted by molar-refractivity contribution is -0.122. The van der Waals surface area contributed by atoms with Crippen molar-refractivity contribution in [3.63, 3.8) is 0 Å². The number of anilines is 1. The van der Waals surface area contributed by atoms with Crippen LogP contribution in [0.3, 0.4) is 0 Å². The molecule has 1 heterocycles. The van der Waals surface area contributed by atoms with Crippen LogP contribution >= 0.6 is 0 Å². The Morgan fingerprint density at radius 3 is 2.88 bits per heavy atom. The highest BCUT2D eigenvalue weighted by Gasteiger charge is 2.16. The average molecular weight is 353 g/mol. The van der Waals surface area contributed by atoms with Gasteiger partial charge in [-0.05, 0) is 43.2 Å². The highest BCUT2D eigenvalue weighted by Crippen LogP contribution is 2.24. The normalized spacial score (nSPS) is 14.8. The molecule has 2 N–H and O–H groups in total. The number of aromatic amines is 1. The van der Waals surface area contributed by atoms with Crippen molar-refractivity contribution < 1.29 is 13.9 Å². The number of carbonyl (C=O) groups excluding carboxylic acids is 1. The Morgan fingerprint density at radius 2 is 2.08 bits per heavy atom. The van der Waals surface area contributed by atoms with Gasteiger partial charge in [-0.3, -0.25) is 4.79 Å². The number of hydrogen-bond donors (Lipinski definition) is 2. The second-order valence-electron chi connectivity index (χ2n) is 6.59. The summed E-state index contributed by atoms with van der Waals surface area (Å²) in [6.45, 7) is 0.0697. The maximum absolute atomic E-state index is 13.4. The summed E-state index contributed by atoms with van der Waals surface area (Å²) >= 11 is 0.